The zero-order valence-electron chi connectivity index (χ0n) is 10.3. The van der Waals surface area contributed by atoms with E-state index >= 15 is 0 Å². The van der Waals surface area contributed by atoms with Crippen LogP contribution >= 0.6 is 0 Å². The van der Waals surface area contributed by atoms with Gasteiger partial charge in [-0.2, -0.15) is 17.0 Å². The fourth-order valence-electron chi connectivity index (χ4n) is 2.55. The monoisotopic (exact) mass is 276 g/mol. The Morgan fingerprint density at radius 1 is 1.11 bits per heavy atom. The van der Waals surface area contributed by atoms with Crippen molar-refractivity contribution in [2.45, 2.75) is 25.7 Å². The van der Waals surface area contributed by atoms with E-state index < -0.39 is 10.2 Å². The average Bonchev–Trinajstić information content (AvgIpc) is 2.92. The zero-order chi connectivity index (χ0) is 13.2. The summed E-state index contributed by atoms with van der Waals surface area (Å²) >= 11 is 0. The van der Waals surface area contributed by atoms with E-state index in [2.05, 4.69) is 5.16 Å². The number of hydrogen-bond acceptors (Lipinski definition) is 4. The molecule has 8 heteroatoms. The van der Waals surface area contributed by atoms with E-state index in [0.29, 0.717) is 39.0 Å². The van der Waals surface area contributed by atoms with Crippen molar-refractivity contribution < 1.29 is 13.6 Å². The molecule has 104 valence electrons. The molecular weight excluding hydrogens is 256 g/mol. The van der Waals surface area contributed by atoms with Gasteiger partial charge in [0.2, 0.25) is 0 Å². The Labute approximate surface area is 107 Å². The number of rotatable bonds is 3. The lowest BCUT2D eigenvalue weighted by atomic mass is 9.97. The van der Waals surface area contributed by atoms with Gasteiger partial charge in [0.1, 0.15) is 5.84 Å². The van der Waals surface area contributed by atoms with Crippen LogP contribution in [0, 0.1) is 5.92 Å². The minimum Gasteiger partial charge on any atom is -0.409 e. The van der Waals surface area contributed by atoms with Crippen molar-refractivity contribution in [3.8, 4) is 0 Å². The summed E-state index contributed by atoms with van der Waals surface area (Å²) in [6.45, 7) is 2.14. The second kappa shape index (κ2) is 5.41. The van der Waals surface area contributed by atoms with Crippen molar-refractivity contribution in [2.24, 2.45) is 16.8 Å². The number of nitrogens with two attached hydrogens (primary N) is 1. The van der Waals surface area contributed by atoms with Crippen molar-refractivity contribution in [3.05, 3.63) is 0 Å². The lowest BCUT2D eigenvalue weighted by Crippen LogP contribution is -2.47. The molecule has 2 rings (SSSR count). The highest BCUT2D eigenvalue weighted by molar-refractivity contribution is 7.86. The summed E-state index contributed by atoms with van der Waals surface area (Å²) in [6.07, 6.45) is 3.12. The van der Waals surface area contributed by atoms with Crippen LogP contribution in [0.4, 0.5) is 0 Å². The average molecular weight is 276 g/mol. The first-order valence-electron chi connectivity index (χ1n) is 6.28. The molecule has 0 aliphatic carbocycles. The molecule has 2 fully saturated rings. The molecule has 0 spiro atoms. The largest absolute Gasteiger partial charge is 0.409 e. The Morgan fingerprint density at radius 2 is 1.61 bits per heavy atom. The Balaban J connectivity index is 1.97. The lowest BCUT2D eigenvalue weighted by Gasteiger charge is -2.33. The van der Waals surface area contributed by atoms with Crippen LogP contribution < -0.4 is 5.73 Å². The van der Waals surface area contributed by atoms with Gasteiger partial charge in [-0.1, -0.05) is 5.16 Å². The minimum absolute atomic E-state index is 0.0139. The highest BCUT2D eigenvalue weighted by Gasteiger charge is 2.34. The smallest absolute Gasteiger partial charge is 0.281 e. The Bertz CT molecular complexity index is 409. The number of amidine groups is 1. The minimum atomic E-state index is -3.29. The molecule has 2 aliphatic heterocycles. The van der Waals surface area contributed by atoms with Crippen molar-refractivity contribution in [1.29, 1.82) is 0 Å². The van der Waals surface area contributed by atoms with Crippen molar-refractivity contribution in [3.63, 3.8) is 0 Å². The van der Waals surface area contributed by atoms with Gasteiger partial charge in [-0.25, -0.2) is 0 Å². The molecule has 0 atom stereocenters. The van der Waals surface area contributed by atoms with Gasteiger partial charge in [-0.3, -0.25) is 0 Å². The van der Waals surface area contributed by atoms with Crippen molar-refractivity contribution in [1.82, 2.24) is 8.61 Å². The van der Waals surface area contributed by atoms with Crippen LogP contribution in [-0.4, -0.2) is 54.3 Å². The molecule has 0 aromatic heterocycles. The van der Waals surface area contributed by atoms with E-state index in [0.717, 1.165) is 12.8 Å². The van der Waals surface area contributed by atoms with Gasteiger partial charge in [0.15, 0.2) is 0 Å². The molecule has 7 nitrogen and oxygen atoms in total. The number of piperidine rings is 1. The summed E-state index contributed by atoms with van der Waals surface area (Å²) in [5, 5.41) is 11.6. The van der Waals surface area contributed by atoms with Crippen LogP contribution in [0.1, 0.15) is 25.7 Å². The highest BCUT2D eigenvalue weighted by atomic mass is 32.2. The molecule has 18 heavy (non-hydrogen) atoms. The Kier molecular flexibility index (Phi) is 4.08. The molecule has 2 heterocycles. The molecule has 2 aliphatic rings. The van der Waals surface area contributed by atoms with E-state index in [1.54, 1.807) is 4.31 Å². The molecule has 0 aromatic rings. The Hall–Kier alpha value is -0.860. The predicted molar refractivity (Wildman–Crippen MR) is 67.4 cm³/mol. The van der Waals surface area contributed by atoms with Gasteiger partial charge in [-0.15, -0.1) is 0 Å². The second-order valence-electron chi connectivity index (χ2n) is 4.81. The standard InChI is InChI=1S/C10H20N4O3S/c11-10(12-15)9-3-7-14(8-4-9)18(16,17)13-5-1-2-6-13/h9,15H,1-8H2,(H2,11,12). The summed E-state index contributed by atoms with van der Waals surface area (Å²) in [7, 11) is -3.29. The van der Waals surface area contributed by atoms with Gasteiger partial charge in [0.05, 0.1) is 0 Å². The molecule has 0 aromatic carbocycles. The van der Waals surface area contributed by atoms with Crippen LogP contribution in [0.15, 0.2) is 5.16 Å². The maximum absolute atomic E-state index is 12.3. The van der Waals surface area contributed by atoms with Gasteiger partial charge < -0.3 is 10.9 Å². The lowest BCUT2D eigenvalue weighted by molar-refractivity contribution is 0.279. The first-order valence-corrected chi connectivity index (χ1v) is 7.68. The summed E-state index contributed by atoms with van der Waals surface area (Å²) < 4.78 is 27.6. The molecule has 3 N–H and O–H groups in total. The topological polar surface area (TPSA) is 99.2 Å². The summed E-state index contributed by atoms with van der Waals surface area (Å²) in [5.41, 5.74) is 5.55. The zero-order valence-corrected chi connectivity index (χ0v) is 11.1. The molecule has 0 radical (unpaired) electrons. The first kappa shape index (κ1) is 13.6. The van der Waals surface area contributed by atoms with Crippen LogP contribution in [0.5, 0.6) is 0 Å². The summed E-state index contributed by atoms with van der Waals surface area (Å²) in [4.78, 5) is 0. The van der Waals surface area contributed by atoms with Gasteiger partial charge in [-0.05, 0) is 25.7 Å². The number of hydrogen-bond donors (Lipinski definition) is 2. The highest BCUT2D eigenvalue weighted by Crippen LogP contribution is 2.23. The summed E-state index contributed by atoms with van der Waals surface area (Å²) in [5.74, 6) is 0.188. The Morgan fingerprint density at radius 3 is 2.11 bits per heavy atom. The molecule has 2 saturated heterocycles. The first-order chi connectivity index (χ1) is 8.55. The molecule has 0 bridgehead atoms. The molecule has 0 unspecified atom stereocenters. The molecule has 0 saturated carbocycles. The fourth-order valence-corrected chi connectivity index (χ4v) is 4.26. The third kappa shape index (κ3) is 2.60. The molecular formula is C10H20N4O3S. The van der Waals surface area contributed by atoms with Crippen LogP contribution in [0.3, 0.4) is 0 Å². The maximum atomic E-state index is 12.3. The van der Waals surface area contributed by atoms with E-state index in [9.17, 15) is 8.42 Å². The van der Waals surface area contributed by atoms with Crippen LogP contribution in [-0.2, 0) is 10.2 Å². The third-order valence-electron chi connectivity index (χ3n) is 3.71. The van der Waals surface area contributed by atoms with E-state index in [1.807, 2.05) is 0 Å². The van der Waals surface area contributed by atoms with Gasteiger partial charge in [0.25, 0.3) is 10.2 Å². The van der Waals surface area contributed by atoms with Crippen LogP contribution in [0.25, 0.3) is 0 Å². The summed E-state index contributed by atoms with van der Waals surface area (Å²) in [6, 6.07) is 0. The van der Waals surface area contributed by atoms with Gasteiger partial charge >= 0.3 is 0 Å². The number of nitrogens with zero attached hydrogens (tertiary/aromatic N) is 3. The second-order valence-corrected chi connectivity index (χ2v) is 6.74. The van der Waals surface area contributed by atoms with E-state index in [-0.39, 0.29) is 11.8 Å². The SMILES string of the molecule is NC(=NO)C1CCN(S(=O)(=O)N2CCCC2)CC1. The molecule has 0 amide bonds. The van der Waals surface area contributed by atoms with E-state index in [4.69, 9.17) is 10.9 Å². The maximum Gasteiger partial charge on any atom is 0.281 e. The predicted octanol–water partition coefficient (Wildman–Crippen LogP) is -0.215. The van der Waals surface area contributed by atoms with E-state index in [1.165, 1.54) is 4.31 Å². The van der Waals surface area contributed by atoms with Gasteiger partial charge in [0, 0.05) is 32.1 Å². The quantitative estimate of drug-likeness (QED) is 0.322. The van der Waals surface area contributed by atoms with Crippen molar-refractivity contribution >= 4 is 16.0 Å². The number of oxime groups is 1. The third-order valence-corrected chi connectivity index (χ3v) is 5.74. The van der Waals surface area contributed by atoms with Crippen LogP contribution in [0.2, 0.25) is 0 Å². The normalized spacial score (nSPS) is 25.7. The fraction of sp³-hybridized carbons (Fsp3) is 0.900. The van der Waals surface area contributed by atoms with Crippen molar-refractivity contribution in [2.75, 3.05) is 26.2 Å².